The summed E-state index contributed by atoms with van der Waals surface area (Å²) >= 11 is 1.55. The van der Waals surface area contributed by atoms with Crippen LogP contribution in [-0.4, -0.2) is 202 Å². The molecular weight excluding hydrogens is 1090 g/mol. The van der Waals surface area contributed by atoms with Gasteiger partial charge in [-0.1, -0.05) is 0 Å². The van der Waals surface area contributed by atoms with Crippen LogP contribution in [-0.2, 0) is 4.79 Å². The molecule has 1 aliphatic heterocycles. The number of amides is 1. The van der Waals surface area contributed by atoms with Crippen LogP contribution in [0.5, 0.6) is 0 Å². The van der Waals surface area contributed by atoms with Crippen LogP contribution in [0.15, 0.2) is 47.9 Å². The summed E-state index contributed by atoms with van der Waals surface area (Å²) in [5, 5.41) is 31.0. The van der Waals surface area contributed by atoms with Gasteiger partial charge in [-0.25, -0.2) is 0 Å². The summed E-state index contributed by atoms with van der Waals surface area (Å²) in [4.78, 5) is 149. The van der Waals surface area contributed by atoms with E-state index in [-0.39, 0.29) is 45.7 Å². The third-order valence-corrected chi connectivity index (χ3v) is 15.7. The summed E-state index contributed by atoms with van der Waals surface area (Å²) in [6.45, 7) is 9.70. The Morgan fingerprint density at radius 1 is 0.313 bits per heavy atom. The van der Waals surface area contributed by atoms with Crippen molar-refractivity contribution in [3.8, 4) is 0 Å². The average Bonchev–Trinajstić information content (AvgIpc) is 3.51. The predicted molar refractivity (Wildman–Crippen MR) is 338 cm³/mol. The Bertz CT molecular complexity index is 3290. The minimum absolute atomic E-state index is 0.0846. The fourth-order valence-electron chi connectivity index (χ4n) is 9.94. The van der Waals surface area contributed by atoms with Crippen molar-refractivity contribution in [3.05, 3.63) is 102 Å². The molecule has 5 aromatic carbocycles. The summed E-state index contributed by atoms with van der Waals surface area (Å²) in [6, 6.07) is -0.774. The Hall–Kier alpha value is -6.94. The normalized spacial score (nSPS) is 19.5. The number of carbonyl (C=O) groups is 1. The first-order valence-corrected chi connectivity index (χ1v) is 30.3. The number of hydrogen-bond acceptors (Lipinski definition) is 26. The van der Waals surface area contributed by atoms with Gasteiger partial charge in [0.1, 0.15) is 62.9 Å². The van der Waals surface area contributed by atoms with Crippen molar-refractivity contribution in [3.63, 3.8) is 0 Å². The number of rotatable bonds is 3. The molecule has 0 fully saturated rings. The first-order valence-electron chi connectivity index (χ1n) is 28.9. The molecule has 27 heteroatoms. The van der Waals surface area contributed by atoms with Gasteiger partial charge in [-0.3, -0.25) is 52.7 Å². The third kappa shape index (κ3) is 17.6. The number of likely N-dealkylation sites (N-methyl/N-ethyl adjacent to an activating group) is 2. The van der Waals surface area contributed by atoms with Gasteiger partial charge in [0.2, 0.25) is 5.91 Å². The molecule has 26 nitrogen and oxygen atoms in total. The smallest absolute Gasteiger partial charge is 0.253 e. The van der Waals surface area contributed by atoms with E-state index in [0.717, 1.165) is 19.6 Å². The van der Waals surface area contributed by atoms with Gasteiger partial charge in [-0.2, -0.15) is 11.8 Å². The summed E-state index contributed by atoms with van der Waals surface area (Å²) in [5.74, 6) is 0.354. The lowest BCUT2D eigenvalue weighted by Gasteiger charge is -2.27. The van der Waals surface area contributed by atoms with Crippen LogP contribution >= 0.6 is 11.8 Å². The van der Waals surface area contributed by atoms with Crippen molar-refractivity contribution in [1.29, 1.82) is 0 Å². The van der Waals surface area contributed by atoms with Crippen LogP contribution < -0.4 is 107 Å². The molecule has 0 bridgehead atoms. The summed E-state index contributed by atoms with van der Waals surface area (Å²) < 4.78 is 0. The summed E-state index contributed by atoms with van der Waals surface area (Å²) in [7, 11) is 9.47. The second-order valence-corrected chi connectivity index (χ2v) is 22.6. The Kier molecular flexibility index (Phi) is 25.3. The molecule has 0 radical (unpaired) electrons. The van der Waals surface area contributed by atoms with Crippen molar-refractivity contribution in [2.75, 3.05) is 218 Å². The van der Waals surface area contributed by atoms with Gasteiger partial charge in [0.15, 0.2) is 0 Å². The first kappa shape index (κ1) is 65.2. The van der Waals surface area contributed by atoms with Crippen LogP contribution in [0.1, 0.15) is 57.8 Å². The van der Waals surface area contributed by atoms with Crippen LogP contribution in [0.2, 0.25) is 0 Å². The molecule has 1 atom stereocenters. The molecule has 1 unspecified atom stereocenters. The molecule has 6 rings (SSSR count). The zero-order valence-electron chi connectivity index (χ0n) is 49.0. The minimum atomic E-state index is -0.774. The van der Waals surface area contributed by atoms with E-state index in [1.807, 2.05) is 39.3 Å². The van der Waals surface area contributed by atoms with Gasteiger partial charge in [0.05, 0.1) is 0 Å². The fourth-order valence-corrected chi connectivity index (χ4v) is 10.4. The molecule has 0 aliphatic carbocycles. The van der Waals surface area contributed by atoms with E-state index >= 15 is 0 Å². The van der Waals surface area contributed by atoms with E-state index in [4.69, 9.17) is 0 Å². The van der Waals surface area contributed by atoms with Gasteiger partial charge in [0.25, 0.3) is 54.3 Å². The Morgan fingerprint density at radius 2 is 0.530 bits per heavy atom. The molecule has 0 spiro atoms. The Morgan fingerprint density at radius 3 is 0.795 bits per heavy atom. The molecule has 0 saturated heterocycles. The van der Waals surface area contributed by atoms with E-state index in [2.05, 4.69) is 67.9 Å². The number of carbonyl (C=O) groups excluding carboxylic acids is 1. The fraction of sp³-hybridized carbons (Fsp3) is 0.625. The predicted octanol–water partition coefficient (Wildman–Crippen LogP) is -0.972. The topological polar surface area (TPSA) is 324 Å². The Labute approximate surface area is 486 Å². The van der Waals surface area contributed by atoms with E-state index in [0.29, 0.717) is 179 Å². The van der Waals surface area contributed by atoms with Crippen LogP contribution in [0.4, 0.5) is 56.9 Å². The summed E-state index contributed by atoms with van der Waals surface area (Å²) in [5.41, 5.74) is -3.48. The lowest BCUT2D eigenvalue weighted by Crippen LogP contribution is -2.46. The van der Waals surface area contributed by atoms with Gasteiger partial charge >= 0.3 is 0 Å². The lowest BCUT2D eigenvalue weighted by atomic mass is 10.1. The number of hydrogen-bond donors (Lipinski definition) is 10. The Balaban J connectivity index is 0.994. The minimum Gasteiger partial charge on any atom is -0.380 e. The van der Waals surface area contributed by atoms with E-state index in [9.17, 15) is 52.7 Å². The third-order valence-electron chi connectivity index (χ3n) is 15.1. The highest BCUT2D eigenvalue weighted by molar-refractivity contribution is 7.98. The quantitative estimate of drug-likeness (QED) is 0.0972. The van der Waals surface area contributed by atoms with Crippen LogP contribution in [0, 0.1) is 0 Å². The lowest BCUT2D eigenvalue weighted by molar-refractivity contribution is -0.130. The van der Waals surface area contributed by atoms with Crippen molar-refractivity contribution >= 4 is 74.5 Å². The molecule has 5 aromatic rings. The highest BCUT2D eigenvalue weighted by Gasteiger charge is 2.29. The monoisotopic (exact) mass is 1180 g/mol. The zero-order chi connectivity index (χ0) is 60.2. The molecule has 0 saturated carbocycles. The molecule has 10 N–H and O–H groups in total. The van der Waals surface area contributed by atoms with E-state index < -0.39 is 60.3 Å². The van der Waals surface area contributed by atoms with Gasteiger partial charge in [-0.05, 0) is 144 Å². The van der Waals surface area contributed by atoms with Crippen molar-refractivity contribution in [1.82, 2.24) is 24.5 Å². The average molecular weight is 1180 g/mol. The number of fused-ring (bicyclic) bond motifs is 5. The highest BCUT2D eigenvalue weighted by Crippen LogP contribution is 2.21. The maximum atomic E-state index is 13.7. The molecule has 456 valence electrons. The molecule has 0 aromatic heterocycles. The second kappa shape index (κ2) is 32.2. The van der Waals surface area contributed by atoms with E-state index in [1.165, 1.54) is 4.90 Å². The van der Waals surface area contributed by atoms with Crippen LogP contribution in [0.3, 0.4) is 0 Å². The second-order valence-electron chi connectivity index (χ2n) is 21.7. The number of anilines is 10. The first-order chi connectivity index (χ1) is 39.9. The number of thioether (sulfide) groups is 1. The highest BCUT2D eigenvalue weighted by atomic mass is 32.2. The van der Waals surface area contributed by atoms with Crippen molar-refractivity contribution in [2.45, 2.75) is 63.8 Å². The van der Waals surface area contributed by atoms with Gasteiger partial charge in [0, 0.05) is 79.0 Å². The van der Waals surface area contributed by atoms with Crippen LogP contribution in [0.25, 0.3) is 0 Å². The largest absolute Gasteiger partial charge is 0.380 e. The maximum Gasteiger partial charge on any atom is 0.253 e. The van der Waals surface area contributed by atoms with Gasteiger partial charge < -0.3 is 77.7 Å². The molecular formula is C56H85N15O11S. The van der Waals surface area contributed by atoms with Crippen molar-refractivity contribution in [2.24, 2.45) is 0 Å². The standard InChI is InChI=1S/C56H85N15O11S/c1-67-25-7-16-57-36-37(47(73)46(36)72)58-17-9-27-68(2)28-10-19-61-40-41(51(77)50(40)76)62-21-13-31-70(4)33-24-65-43-42(52(78)53(43)79)63-23-14-32-71(5)56(82)35(15-34-83-6)66-45-44(54(80)55(45)81)64-22-12-30-69(3)29-11-20-60-39-38(48(74)49(39)75)59-18-8-26-67/h35,57-66H,7-34H2,1-6H3. The van der Waals surface area contributed by atoms with Gasteiger partial charge in [-0.15, -0.1) is 0 Å². The van der Waals surface area contributed by atoms with Crippen molar-refractivity contribution < 1.29 is 4.79 Å². The molecule has 1 amide bonds. The SMILES string of the molecule is CSCCC1Nc2c(c(=O)c2=O)NCCCN(C)CCCNc2c(c(=O)c2=O)NCCCN(C)CCCNc2c(c(=O)c2=O)NCCCN(C)CCCNc2c(c(=O)c2=O)NCCCN(C)CCNc2c(c(=O)c2=O)NCCCN(C)C1=O. The molecule has 1 heterocycles. The number of nitrogens with zero attached hydrogens (tertiary/aromatic N) is 5. The molecule has 1 aliphatic rings. The maximum absolute atomic E-state index is 13.7. The summed E-state index contributed by atoms with van der Waals surface area (Å²) in [6.07, 6.45) is 7.60. The number of nitrogens with one attached hydrogen (secondary N) is 10. The zero-order valence-corrected chi connectivity index (χ0v) is 49.8. The van der Waals surface area contributed by atoms with E-state index in [1.54, 1.807) is 18.8 Å². The molecule has 83 heavy (non-hydrogen) atoms.